The molecule has 0 amide bonds. The largest absolute Gasteiger partial charge is 0.393 e. The van der Waals surface area contributed by atoms with Crippen molar-refractivity contribution in [3.63, 3.8) is 0 Å². The van der Waals surface area contributed by atoms with Gasteiger partial charge in [0.25, 0.3) is 0 Å². The Kier molecular flexibility index (Phi) is 4.79. The monoisotopic (exact) mass is 440 g/mol. The summed E-state index contributed by atoms with van der Waals surface area (Å²) in [6.07, 6.45) is 11.3. The zero-order valence-corrected chi connectivity index (χ0v) is 18.7. The van der Waals surface area contributed by atoms with Crippen LogP contribution in [-0.4, -0.2) is 35.5 Å². The molecule has 5 aliphatic rings. The summed E-state index contributed by atoms with van der Waals surface area (Å²) in [7, 11) is 0. The Morgan fingerprint density at radius 2 is 1.59 bits per heavy atom. The number of alkyl halides is 1. The molecule has 0 radical (unpaired) electrons. The maximum absolute atomic E-state index is 10.2. The van der Waals surface area contributed by atoms with Crippen LogP contribution in [0.25, 0.3) is 0 Å². The fourth-order valence-electron chi connectivity index (χ4n) is 8.80. The van der Waals surface area contributed by atoms with Gasteiger partial charge in [0, 0.05) is 5.92 Å². The first-order chi connectivity index (χ1) is 12.9. The van der Waals surface area contributed by atoms with E-state index < -0.39 is 0 Å². The number of halogens is 1. The van der Waals surface area contributed by atoms with Crippen molar-refractivity contribution in [2.75, 3.05) is 18.5 Å². The molecule has 27 heavy (non-hydrogen) atoms. The average Bonchev–Trinajstić information content (AvgIpc) is 3.27. The quantitative estimate of drug-likeness (QED) is 0.603. The van der Waals surface area contributed by atoms with Crippen molar-refractivity contribution < 1.29 is 14.6 Å². The third-order valence-corrected chi connectivity index (χ3v) is 10.9. The van der Waals surface area contributed by atoms with Gasteiger partial charge in [-0.3, -0.25) is 0 Å². The van der Waals surface area contributed by atoms with Gasteiger partial charge in [-0.25, -0.2) is 0 Å². The summed E-state index contributed by atoms with van der Waals surface area (Å²) in [5, 5.41) is 11.0. The fraction of sp³-hybridized carbons (Fsp3) is 1.00. The van der Waals surface area contributed by atoms with E-state index in [0.29, 0.717) is 16.7 Å². The van der Waals surface area contributed by atoms with Gasteiger partial charge in [0.15, 0.2) is 5.79 Å². The summed E-state index contributed by atoms with van der Waals surface area (Å²) in [5.41, 5.74) is 0.825. The molecule has 3 nitrogen and oxygen atoms in total. The van der Waals surface area contributed by atoms with Crippen LogP contribution in [-0.2, 0) is 9.47 Å². The van der Waals surface area contributed by atoms with Crippen molar-refractivity contribution >= 4 is 15.9 Å². The first kappa shape index (κ1) is 19.3. The van der Waals surface area contributed by atoms with Crippen molar-refractivity contribution in [3.8, 4) is 0 Å². The van der Waals surface area contributed by atoms with Gasteiger partial charge in [-0.2, -0.15) is 0 Å². The van der Waals surface area contributed by atoms with E-state index in [1.54, 1.807) is 0 Å². The maximum Gasteiger partial charge on any atom is 0.181 e. The molecule has 0 aromatic carbocycles. The third-order valence-electron chi connectivity index (χ3n) is 10.1. The van der Waals surface area contributed by atoms with E-state index in [-0.39, 0.29) is 11.9 Å². The SMILES string of the molecule is C[C@]12CC[C@H](O)C[C@H]1CC[C@@H]1[C@@H]2CC[C@]2(C)[C@@H](C3(CBr)OCCO3)CC[C@@H]12. The number of rotatable bonds is 2. The second kappa shape index (κ2) is 6.68. The van der Waals surface area contributed by atoms with Gasteiger partial charge in [-0.1, -0.05) is 29.8 Å². The zero-order valence-electron chi connectivity index (χ0n) is 17.1. The molecule has 1 N–H and O–H groups in total. The third kappa shape index (κ3) is 2.68. The molecule has 4 aliphatic carbocycles. The van der Waals surface area contributed by atoms with Gasteiger partial charge in [-0.05, 0) is 92.3 Å². The van der Waals surface area contributed by atoms with E-state index in [2.05, 4.69) is 29.8 Å². The topological polar surface area (TPSA) is 38.7 Å². The van der Waals surface area contributed by atoms with Crippen molar-refractivity contribution in [2.45, 2.75) is 83.5 Å². The summed E-state index contributed by atoms with van der Waals surface area (Å²) in [5.74, 6) is 3.46. The van der Waals surface area contributed by atoms with Crippen LogP contribution in [0.4, 0.5) is 0 Å². The minimum absolute atomic E-state index is 0.0419. The lowest BCUT2D eigenvalue weighted by Gasteiger charge is -2.61. The highest BCUT2D eigenvalue weighted by Crippen LogP contribution is 2.69. The van der Waals surface area contributed by atoms with Crippen LogP contribution in [0.1, 0.15) is 71.6 Å². The van der Waals surface area contributed by atoms with Gasteiger partial charge >= 0.3 is 0 Å². The molecule has 4 saturated carbocycles. The van der Waals surface area contributed by atoms with E-state index in [1.165, 1.54) is 44.9 Å². The Bertz CT molecular complexity index is 576. The molecule has 0 aromatic heterocycles. The second-order valence-corrected chi connectivity index (χ2v) is 11.5. The summed E-state index contributed by atoms with van der Waals surface area (Å²) in [6, 6.07) is 0. The number of ether oxygens (including phenoxy) is 2. The van der Waals surface area contributed by atoms with Gasteiger partial charge in [0.2, 0.25) is 0 Å². The summed E-state index contributed by atoms with van der Waals surface area (Å²) >= 11 is 3.74. The molecule has 5 fully saturated rings. The summed E-state index contributed by atoms with van der Waals surface area (Å²) in [6.45, 7) is 6.65. The maximum atomic E-state index is 10.2. The van der Waals surface area contributed by atoms with E-state index in [9.17, 15) is 5.11 Å². The lowest BCUT2D eigenvalue weighted by atomic mass is 9.44. The molecule has 8 atom stereocenters. The zero-order chi connectivity index (χ0) is 18.9. The highest BCUT2D eigenvalue weighted by atomic mass is 79.9. The smallest absolute Gasteiger partial charge is 0.181 e. The molecular formula is C23H37BrO3. The Morgan fingerprint density at radius 1 is 0.889 bits per heavy atom. The minimum Gasteiger partial charge on any atom is -0.393 e. The second-order valence-electron chi connectivity index (χ2n) is 10.9. The predicted molar refractivity (Wildman–Crippen MR) is 110 cm³/mol. The molecular weight excluding hydrogens is 404 g/mol. The van der Waals surface area contributed by atoms with E-state index in [4.69, 9.17) is 9.47 Å². The van der Waals surface area contributed by atoms with Crippen LogP contribution in [0.5, 0.6) is 0 Å². The van der Waals surface area contributed by atoms with E-state index in [1.807, 2.05) is 0 Å². The van der Waals surface area contributed by atoms with E-state index in [0.717, 1.165) is 55.1 Å². The molecule has 0 unspecified atom stereocenters. The van der Waals surface area contributed by atoms with Crippen LogP contribution < -0.4 is 0 Å². The van der Waals surface area contributed by atoms with Gasteiger partial charge in [-0.15, -0.1) is 0 Å². The lowest BCUT2D eigenvalue weighted by Crippen LogP contribution is -2.56. The van der Waals surface area contributed by atoms with Crippen molar-refractivity contribution in [2.24, 2.45) is 40.4 Å². The van der Waals surface area contributed by atoms with Crippen molar-refractivity contribution in [3.05, 3.63) is 0 Å². The van der Waals surface area contributed by atoms with Gasteiger partial charge in [0.05, 0.1) is 24.6 Å². The van der Waals surface area contributed by atoms with Gasteiger partial charge in [0.1, 0.15) is 0 Å². The lowest BCUT2D eigenvalue weighted by molar-refractivity contribution is -0.214. The molecule has 0 bridgehead atoms. The van der Waals surface area contributed by atoms with E-state index >= 15 is 0 Å². The number of hydrogen-bond donors (Lipinski definition) is 1. The fourth-order valence-corrected chi connectivity index (χ4v) is 9.51. The van der Waals surface area contributed by atoms with Gasteiger partial charge < -0.3 is 14.6 Å². The average molecular weight is 441 g/mol. The first-order valence-corrected chi connectivity index (χ1v) is 12.6. The van der Waals surface area contributed by atoms with Crippen LogP contribution in [0.15, 0.2) is 0 Å². The molecule has 154 valence electrons. The normalized spacial score (nSPS) is 54.2. The highest BCUT2D eigenvalue weighted by Gasteiger charge is 2.64. The molecule has 0 spiro atoms. The molecule has 1 heterocycles. The van der Waals surface area contributed by atoms with Crippen molar-refractivity contribution in [1.82, 2.24) is 0 Å². The highest BCUT2D eigenvalue weighted by molar-refractivity contribution is 9.09. The van der Waals surface area contributed by atoms with Crippen LogP contribution in [0, 0.1) is 40.4 Å². The Hall–Kier alpha value is 0.360. The predicted octanol–water partition coefficient (Wildman–Crippen LogP) is 5.14. The van der Waals surface area contributed by atoms with Crippen LogP contribution >= 0.6 is 15.9 Å². The van der Waals surface area contributed by atoms with Crippen molar-refractivity contribution in [1.29, 1.82) is 0 Å². The Morgan fingerprint density at radius 3 is 2.33 bits per heavy atom. The number of aliphatic hydroxyl groups is 1. The molecule has 0 aromatic rings. The molecule has 4 heteroatoms. The number of fused-ring (bicyclic) bond motifs is 5. The Balaban J connectivity index is 1.42. The molecule has 5 rings (SSSR count). The number of hydrogen-bond acceptors (Lipinski definition) is 3. The minimum atomic E-state index is -0.383. The van der Waals surface area contributed by atoms with Crippen LogP contribution in [0.2, 0.25) is 0 Å². The molecule has 1 aliphatic heterocycles. The number of aliphatic hydroxyl groups excluding tert-OH is 1. The summed E-state index contributed by atoms with van der Waals surface area (Å²) in [4.78, 5) is 0. The first-order valence-electron chi connectivity index (χ1n) is 11.4. The molecule has 1 saturated heterocycles. The van der Waals surface area contributed by atoms with Crippen LogP contribution in [0.3, 0.4) is 0 Å². The standard InChI is InChI=1S/C23H37BrO3/c1-21-9-7-16(25)13-15(21)3-4-17-18-5-6-20(22(18,2)10-8-19(17)21)23(14-24)26-11-12-27-23/h15-20,25H,3-14H2,1-2H3/t15-,16+,17+,18+,19+,20+,21+,22+/m1/s1. The Labute approximate surface area is 173 Å². The summed E-state index contributed by atoms with van der Waals surface area (Å²) < 4.78 is 12.5.